The van der Waals surface area contributed by atoms with Crippen LogP contribution in [-0.4, -0.2) is 0 Å². The van der Waals surface area contributed by atoms with E-state index in [2.05, 4.69) is 41.9 Å². The molecule has 0 radical (unpaired) electrons. The standard InChI is InChI=1S/C12H14BrCl/c1-7-5-10(11(14)6-8(7)2)12(13)9-3-4-9/h5-6,9,12H,3-4H2,1-2H3. The predicted octanol–water partition coefficient (Wildman–Crippen LogP) is 4.80. The van der Waals surface area contributed by atoms with Crippen LogP contribution < -0.4 is 0 Å². The Bertz CT molecular complexity index is 356. The number of benzene rings is 1. The zero-order valence-electron chi connectivity index (χ0n) is 8.48. The van der Waals surface area contributed by atoms with Gasteiger partial charge in [-0.15, -0.1) is 0 Å². The first-order chi connectivity index (χ1) is 6.59. The topological polar surface area (TPSA) is 0 Å². The van der Waals surface area contributed by atoms with Gasteiger partial charge in [-0.05, 0) is 55.4 Å². The van der Waals surface area contributed by atoms with Gasteiger partial charge in [-0.2, -0.15) is 0 Å². The van der Waals surface area contributed by atoms with E-state index < -0.39 is 0 Å². The van der Waals surface area contributed by atoms with Gasteiger partial charge in [-0.25, -0.2) is 0 Å². The van der Waals surface area contributed by atoms with Crippen molar-refractivity contribution in [1.82, 2.24) is 0 Å². The zero-order chi connectivity index (χ0) is 10.3. The number of alkyl halides is 1. The molecule has 0 aromatic heterocycles. The Morgan fingerprint density at radius 2 is 1.86 bits per heavy atom. The van der Waals surface area contributed by atoms with E-state index >= 15 is 0 Å². The highest BCUT2D eigenvalue weighted by molar-refractivity contribution is 9.09. The van der Waals surface area contributed by atoms with Crippen molar-refractivity contribution in [2.45, 2.75) is 31.5 Å². The Morgan fingerprint density at radius 1 is 1.29 bits per heavy atom. The summed E-state index contributed by atoms with van der Waals surface area (Å²) in [6, 6.07) is 4.29. The molecule has 0 heterocycles. The highest BCUT2D eigenvalue weighted by Crippen LogP contribution is 2.48. The molecule has 2 heteroatoms. The SMILES string of the molecule is Cc1cc(Cl)c(C(Br)C2CC2)cc1C. The molecular weight excluding hydrogens is 259 g/mol. The highest BCUT2D eigenvalue weighted by atomic mass is 79.9. The minimum absolute atomic E-state index is 0.453. The van der Waals surface area contributed by atoms with Gasteiger partial charge in [-0.1, -0.05) is 33.6 Å². The molecule has 1 aliphatic rings. The van der Waals surface area contributed by atoms with Gasteiger partial charge in [0.05, 0.1) is 0 Å². The molecule has 76 valence electrons. The second-order valence-electron chi connectivity index (χ2n) is 4.20. The quantitative estimate of drug-likeness (QED) is 0.679. The average molecular weight is 274 g/mol. The molecule has 0 nitrogen and oxygen atoms in total. The number of rotatable bonds is 2. The fraction of sp³-hybridized carbons (Fsp3) is 0.500. The third-order valence-electron chi connectivity index (χ3n) is 2.95. The van der Waals surface area contributed by atoms with Crippen molar-refractivity contribution in [3.8, 4) is 0 Å². The minimum atomic E-state index is 0.453. The van der Waals surface area contributed by atoms with Gasteiger partial charge in [0.25, 0.3) is 0 Å². The molecule has 0 aliphatic heterocycles. The van der Waals surface area contributed by atoms with Gasteiger partial charge in [-0.3, -0.25) is 0 Å². The van der Waals surface area contributed by atoms with Gasteiger partial charge in [0.2, 0.25) is 0 Å². The van der Waals surface area contributed by atoms with E-state index in [0.717, 1.165) is 10.9 Å². The molecule has 1 aromatic rings. The molecule has 1 aromatic carbocycles. The van der Waals surface area contributed by atoms with E-state index in [1.54, 1.807) is 0 Å². The average Bonchev–Trinajstić information content (AvgIpc) is 2.93. The Hall–Kier alpha value is -0.0100. The van der Waals surface area contributed by atoms with Crippen LogP contribution in [0.25, 0.3) is 0 Å². The first-order valence-electron chi connectivity index (χ1n) is 5.00. The lowest BCUT2D eigenvalue weighted by molar-refractivity contribution is 0.821. The number of aryl methyl sites for hydroxylation is 2. The van der Waals surface area contributed by atoms with Crippen LogP contribution in [0, 0.1) is 19.8 Å². The molecule has 0 saturated heterocycles. The fourth-order valence-corrected chi connectivity index (χ4v) is 3.03. The van der Waals surface area contributed by atoms with Gasteiger partial charge in [0, 0.05) is 9.85 Å². The maximum Gasteiger partial charge on any atom is 0.0452 e. The summed E-state index contributed by atoms with van der Waals surface area (Å²) in [4.78, 5) is 0.453. The first-order valence-corrected chi connectivity index (χ1v) is 6.29. The molecule has 0 bridgehead atoms. The molecule has 1 fully saturated rings. The zero-order valence-corrected chi connectivity index (χ0v) is 10.8. The van der Waals surface area contributed by atoms with Crippen LogP contribution in [-0.2, 0) is 0 Å². The smallest absolute Gasteiger partial charge is 0.0452 e. The van der Waals surface area contributed by atoms with Gasteiger partial charge in [0.15, 0.2) is 0 Å². The maximum atomic E-state index is 6.24. The Labute approximate surface area is 98.8 Å². The molecule has 0 amide bonds. The van der Waals surface area contributed by atoms with Crippen LogP contribution in [0.4, 0.5) is 0 Å². The van der Waals surface area contributed by atoms with Gasteiger partial charge >= 0.3 is 0 Å². The molecule has 1 atom stereocenters. The number of hydrogen-bond donors (Lipinski definition) is 0. The third-order valence-corrected chi connectivity index (χ3v) is 4.51. The summed E-state index contributed by atoms with van der Waals surface area (Å²) >= 11 is 9.98. The molecule has 1 aliphatic carbocycles. The van der Waals surface area contributed by atoms with Crippen molar-refractivity contribution in [2.24, 2.45) is 5.92 Å². The third kappa shape index (κ3) is 1.99. The van der Waals surface area contributed by atoms with Crippen LogP contribution in [0.5, 0.6) is 0 Å². The van der Waals surface area contributed by atoms with E-state index in [4.69, 9.17) is 11.6 Å². The van der Waals surface area contributed by atoms with Crippen molar-refractivity contribution in [1.29, 1.82) is 0 Å². The summed E-state index contributed by atoms with van der Waals surface area (Å²) in [5.74, 6) is 0.801. The van der Waals surface area contributed by atoms with E-state index in [-0.39, 0.29) is 0 Å². The van der Waals surface area contributed by atoms with Crippen molar-refractivity contribution >= 4 is 27.5 Å². The summed E-state index contributed by atoms with van der Waals surface area (Å²) in [6.45, 7) is 4.24. The van der Waals surface area contributed by atoms with Crippen molar-refractivity contribution < 1.29 is 0 Å². The first kappa shape index (κ1) is 10.5. The molecule has 1 saturated carbocycles. The van der Waals surface area contributed by atoms with Gasteiger partial charge in [0.1, 0.15) is 0 Å². The minimum Gasteiger partial charge on any atom is -0.0840 e. The van der Waals surface area contributed by atoms with Crippen LogP contribution in [0.15, 0.2) is 12.1 Å². The van der Waals surface area contributed by atoms with Crippen molar-refractivity contribution in [2.75, 3.05) is 0 Å². The molecule has 0 N–H and O–H groups in total. The monoisotopic (exact) mass is 272 g/mol. The van der Waals surface area contributed by atoms with E-state index in [1.165, 1.54) is 29.5 Å². The van der Waals surface area contributed by atoms with Gasteiger partial charge < -0.3 is 0 Å². The summed E-state index contributed by atoms with van der Waals surface area (Å²) < 4.78 is 0. The van der Waals surface area contributed by atoms with Crippen LogP contribution in [0.3, 0.4) is 0 Å². The maximum absolute atomic E-state index is 6.24. The molecule has 1 unspecified atom stereocenters. The summed E-state index contributed by atoms with van der Waals surface area (Å²) in [7, 11) is 0. The predicted molar refractivity (Wildman–Crippen MR) is 65.3 cm³/mol. The molecular formula is C12H14BrCl. The van der Waals surface area contributed by atoms with E-state index in [1.807, 2.05) is 0 Å². The summed E-state index contributed by atoms with van der Waals surface area (Å²) in [5.41, 5.74) is 3.86. The summed E-state index contributed by atoms with van der Waals surface area (Å²) in [6.07, 6.45) is 2.67. The Balaban J connectivity index is 2.36. The molecule has 2 rings (SSSR count). The largest absolute Gasteiger partial charge is 0.0840 e. The highest BCUT2D eigenvalue weighted by Gasteiger charge is 2.31. The summed E-state index contributed by atoms with van der Waals surface area (Å²) in [5, 5.41) is 0.905. The Kier molecular flexibility index (Phi) is 2.90. The lowest BCUT2D eigenvalue weighted by atomic mass is 10.0. The lowest BCUT2D eigenvalue weighted by Gasteiger charge is -2.13. The van der Waals surface area contributed by atoms with Crippen molar-refractivity contribution in [3.05, 3.63) is 33.8 Å². The molecule has 14 heavy (non-hydrogen) atoms. The Morgan fingerprint density at radius 3 is 2.43 bits per heavy atom. The normalized spacial score (nSPS) is 18.3. The number of halogens is 2. The van der Waals surface area contributed by atoms with Crippen LogP contribution in [0.2, 0.25) is 5.02 Å². The van der Waals surface area contributed by atoms with Crippen molar-refractivity contribution in [3.63, 3.8) is 0 Å². The molecule has 0 spiro atoms. The van der Waals surface area contributed by atoms with E-state index in [0.29, 0.717) is 4.83 Å². The lowest BCUT2D eigenvalue weighted by Crippen LogP contribution is -1.95. The second kappa shape index (κ2) is 3.86. The second-order valence-corrected chi connectivity index (χ2v) is 5.59. The van der Waals surface area contributed by atoms with Crippen LogP contribution in [0.1, 0.15) is 34.4 Å². The number of hydrogen-bond acceptors (Lipinski definition) is 0. The fourth-order valence-electron chi connectivity index (χ4n) is 1.66. The van der Waals surface area contributed by atoms with Crippen LogP contribution >= 0.6 is 27.5 Å². The van der Waals surface area contributed by atoms with E-state index in [9.17, 15) is 0 Å².